The second-order valence-corrected chi connectivity index (χ2v) is 8.28. The van der Waals surface area contributed by atoms with Crippen LogP contribution in [0.2, 0.25) is 0 Å². The molecule has 0 fully saturated rings. The Bertz CT molecular complexity index is 684. The van der Waals surface area contributed by atoms with E-state index in [1.807, 2.05) is 20.8 Å². The number of anilines is 1. The topological polar surface area (TPSA) is 63.7 Å². The van der Waals surface area contributed by atoms with Crippen molar-refractivity contribution < 1.29 is 17.9 Å². The van der Waals surface area contributed by atoms with Gasteiger partial charge in [-0.2, -0.15) is 0 Å². The van der Waals surface area contributed by atoms with Crippen LogP contribution in [0.1, 0.15) is 20.8 Å². The largest absolute Gasteiger partial charge is 0.497 e. The second kappa shape index (κ2) is 5.76. The van der Waals surface area contributed by atoms with E-state index in [1.54, 1.807) is 42.4 Å². The summed E-state index contributed by atoms with van der Waals surface area (Å²) in [7, 11) is -1.67. The van der Waals surface area contributed by atoms with Crippen molar-refractivity contribution in [3.8, 4) is 5.75 Å². The van der Waals surface area contributed by atoms with E-state index in [9.17, 15) is 13.2 Å². The minimum atomic E-state index is -3.24. The predicted octanol–water partition coefficient (Wildman–Crippen LogP) is 2.39. The molecular formula is C16H21NO4S. The molecule has 1 amide bonds. The lowest BCUT2D eigenvalue weighted by Gasteiger charge is -2.33. The maximum absolute atomic E-state index is 12.8. The summed E-state index contributed by atoms with van der Waals surface area (Å²) in [6.45, 7) is 5.46. The first-order valence-corrected chi connectivity index (χ1v) is 8.74. The number of hydrogen-bond donors (Lipinski definition) is 0. The first-order chi connectivity index (χ1) is 10.1. The molecule has 1 atom stereocenters. The first kappa shape index (κ1) is 16.5. The van der Waals surface area contributed by atoms with Crippen molar-refractivity contribution in [3.05, 3.63) is 35.7 Å². The fourth-order valence-corrected chi connectivity index (χ4v) is 3.55. The maximum atomic E-state index is 12.8. The summed E-state index contributed by atoms with van der Waals surface area (Å²) in [5.74, 6) is 0.479. The number of benzene rings is 1. The molecule has 0 aliphatic carbocycles. The van der Waals surface area contributed by atoms with Crippen molar-refractivity contribution in [3.63, 3.8) is 0 Å². The molecule has 1 aromatic rings. The average Bonchev–Trinajstić information content (AvgIpc) is 2.79. The Labute approximate surface area is 131 Å². The molecule has 1 aromatic carbocycles. The van der Waals surface area contributed by atoms with Crippen LogP contribution in [0.3, 0.4) is 0 Å². The fourth-order valence-electron chi connectivity index (χ4n) is 2.28. The SMILES string of the molecule is COc1ccc(N(C(=O)C(C)(C)C)C2C=CS(=O)(=O)C2)cc1. The summed E-state index contributed by atoms with van der Waals surface area (Å²) in [4.78, 5) is 14.3. The van der Waals surface area contributed by atoms with Gasteiger partial charge >= 0.3 is 0 Å². The van der Waals surface area contributed by atoms with Gasteiger partial charge in [-0.15, -0.1) is 0 Å². The Balaban J connectivity index is 2.41. The number of methoxy groups -OCH3 is 1. The quantitative estimate of drug-likeness (QED) is 0.857. The lowest BCUT2D eigenvalue weighted by atomic mass is 9.93. The molecule has 120 valence electrons. The van der Waals surface area contributed by atoms with Gasteiger partial charge in [0.25, 0.3) is 0 Å². The van der Waals surface area contributed by atoms with E-state index in [0.717, 1.165) is 0 Å². The van der Waals surface area contributed by atoms with Crippen molar-refractivity contribution in [2.75, 3.05) is 17.8 Å². The highest BCUT2D eigenvalue weighted by molar-refractivity contribution is 7.94. The monoisotopic (exact) mass is 323 g/mol. The molecule has 0 bridgehead atoms. The van der Waals surface area contributed by atoms with Crippen LogP contribution in [0.4, 0.5) is 5.69 Å². The van der Waals surface area contributed by atoms with Crippen LogP contribution >= 0.6 is 0 Å². The summed E-state index contributed by atoms with van der Waals surface area (Å²) in [6.07, 6.45) is 1.57. The highest BCUT2D eigenvalue weighted by Crippen LogP contribution is 2.29. The molecule has 1 aliphatic heterocycles. The number of carbonyl (C=O) groups excluding carboxylic acids is 1. The highest BCUT2D eigenvalue weighted by atomic mass is 32.2. The van der Waals surface area contributed by atoms with Gasteiger partial charge in [-0.3, -0.25) is 4.79 Å². The van der Waals surface area contributed by atoms with E-state index >= 15 is 0 Å². The summed E-state index contributed by atoms with van der Waals surface area (Å²) in [5, 5.41) is 1.18. The van der Waals surface area contributed by atoms with Gasteiger partial charge in [0.2, 0.25) is 5.91 Å². The fraction of sp³-hybridized carbons (Fsp3) is 0.438. The lowest BCUT2D eigenvalue weighted by Crippen LogP contribution is -2.46. The molecule has 0 aromatic heterocycles. The summed E-state index contributed by atoms with van der Waals surface area (Å²) < 4.78 is 28.5. The molecule has 0 radical (unpaired) electrons. The number of ether oxygens (including phenoxy) is 1. The Morgan fingerprint density at radius 2 is 1.82 bits per heavy atom. The average molecular weight is 323 g/mol. The third kappa shape index (κ3) is 3.50. The van der Waals surface area contributed by atoms with Gasteiger partial charge in [0.1, 0.15) is 5.75 Å². The van der Waals surface area contributed by atoms with E-state index < -0.39 is 21.3 Å². The molecule has 6 heteroatoms. The van der Waals surface area contributed by atoms with Gasteiger partial charge in [-0.25, -0.2) is 8.42 Å². The normalized spacial score (nSPS) is 19.9. The predicted molar refractivity (Wildman–Crippen MR) is 86.6 cm³/mol. The van der Waals surface area contributed by atoms with E-state index in [-0.39, 0.29) is 11.7 Å². The van der Waals surface area contributed by atoms with E-state index in [1.165, 1.54) is 5.41 Å². The Kier molecular flexibility index (Phi) is 4.33. The zero-order valence-corrected chi connectivity index (χ0v) is 14.1. The van der Waals surface area contributed by atoms with E-state index in [0.29, 0.717) is 11.4 Å². The van der Waals surface area contributed by atoms with E-state index in [2.05, 4.69) is 0 Å². The van der Waals surface area contributed by atoms with Crippen LogP contribution in [0.5, 0.6) is 5.75 Å². The third-order valence-electron chi connectivity index (χ3n) is 3.45. The van der Waals surface area contributed by atoms with Crippen LogP contribution in [-0.2, 0) is 14.6 Å². The lowest BCUT2D eigenvalue weighted by molar-refractivity contribution is -0.126. The number of nitrogens with zero attached hydrogens (tertiary/aromatic N) is 1. The first-order valence-electron chi connectivity index (χ1n) is 7.03. The molecule has 1 unspecified atom stereocenters. The maximum Gasteiger partial charge on any atom is 0.232 e. The molecule has 5 nitrogen and oxygen atoms in total. The molecule has 1 heterocycles. The van der Waals surface area contributed by atoms with Crippen LogP contribution in [0.25, 0.3) is 0 Å². The smallest absolute Gasteiger partial charge is 0.232 e. The molecule has 0 spiro atoms. The van der Waals surface area contributed by atoms with Gasteiger partial charge in [0, 0.05) is 16.5 Å². The van der Waals surface area contributed by atoms with Crippen molar-refractivity contribution in [1.82, 2.24) is 0 Å². The Morgan fingerprint density at radius 3 is 2.23 bits per heavy atom. The van der Waals surface area contributed by atoms with Crippen molar-refractivity contribution in [1.29, 1.82) is 0 Å². The van der Waals surface area contributed by atoms with Crippen LogP contribution in [-0.4, -0.2) is 33.2 Å². The zero-order valence-electron chi connectivity index (χ0n) is 13.2. The summed E-state index contributed by atoms with van der Waals surface area (Å²) >= 11 is 0. The van der Waals surface area contributed by atoms with Crippen LogP contribution in [0, 0.1) is 5.41 Å². The minimum absolute atomic E-state index is 0.0825. The number of carbonyl (C=O) groups is 1. The number of hydrogen-bond acceptors (Lipinski definition) is 4. The highest BCUT2D eigenvalue weighted by Gasteiger charge is 2.36. The molecule has 22 heavy (non-hydrogen) atoms. The van der Waals surface area contributed by atoms with Crippen molar-refractivity contribution >= 4 is 21.4 Å². The van der Waals surface area contributed by atoms with Crippen molar-refractivity contribution in [2.45, 2.75) is 26.8 Å². The number of amides is 1. The molecule has 0 saturated heterocycles. The van der Waals surface area contributed by atoms with Crippen LogP contribution in [0.15, 0.2) is 35.7 Å². The number of rotatable bonds is 3. The summed E-state index contributed by atoms with van der Waals surface area (Å²) in [5.41, 5.74) is 0.0487. The number of sulfone groups is 1. The second-order valence-electron chi connectivity index (χ2n) is 6.35. The molecule has 2 rings (SSSR count). The molecule has 1 aliphatic rings. The third-order valence-corrected chi connectivity index (χ3v) is 4.83. The summed E-state index contributed by atoms with van der Waals surface area (Å²) in [6, 6.07) is 6.56. The van der Waals surface area contributed by atoms with E-state index in [4.69, 9.17) is 4.74 Å². The van der Waals surface area contributed by atoms with Gasteiger partial charge in [-0.1, -0.05) is 20.8 Å². The van der Waals surface area contributed by atoms with Gasteiger partial charge in [0.15, 0.2) is 9.84 Å². The molecule has 0 N–H and O–H groups in total. The molecule has 0 saturated carbocycles. The van der Waals surface area contributed by atoms with Gasteiger partial charge < -0.3 is 9.64 Å². The Morgan fingerprint density at radius 1 is 1.23 bits per heavy atom. The standard InChI is InChI=1S/C16H21NO4S/c1-16(2,3)15(18)17(13-9-10-22(19,20)11-13)12-5-7-14(21-4)8-6-12/h5-10,13H,11H2,1-4H3. The van der Waals surface area contributed by atoms with Crippen LogP contribution < -0.4 is 9.64 Å². The zero-order chi connectivity index (χ0) is 16.5. The molecular weight excluding hydrogens is 302 g/mol. The van der Waals surface area contributed by atoms with Crippen molar-refractivity contribution in [2.24, 2.45) is 5.41 Å². The van der Waals surface area contributed by atoms with Gasteiger partial charge in [0.05, 0.1) is 18.9 Å². The minimum Gasteiger partial charge on any atom is -0.497 e. The van der Waals surface area contributed by atoms with Gasteiger partial charge in [-0.05, 0) is 30.3 Å². The Hall–Kier alpha value is -1.82.